The van der Waals surface area contributed by atoms with Crippen molar-refractivity contribution in [3.63, 3.8) is 0 Å². The van der Waals surface area contributed by atoms with Crippen LogP contribution in [0.15, 0.2) is 12.3 Å². The van der Waals surface area contributed by atoms with E-state index >= 15 is 0 Å². The second kappa shape index (κ2) is 4.56. The molecule has 1 aromatic rings. The Balaban J connectivity index is 2.74. The Morgan fingerprint density at radius 2 is 2.31 bits per heavy atom. The van der Waals surface area contributed by atoms with Gasteiger partial charge in [0.15, 0.2) is 0 Å². The maximum Gasteiger partial charge on any atom is 0.128 e. The first-order chi connectivity index (χ1) is 6.22. The van der Waals surface area contributed by atoms with Crippen molar-refractivity contribution in [2.75, 3.05) is 0 Å². The maximum atomic E-state index is 8.48. The van der Waals surface area contributed by atoms with Crippen LogP contribution in [0.5, 0.6) is 0 Å². The van der Waals surface area contributed by atoms with Gasteiger partial charge in [-0.2, -0.15) is 5.26 Å². The molecule has 0 aliphatic rings. The van der Waals surface area contributed by atoms with Crippen molar-refractivity contribution in [3.05, 3.63) is 23.8 Å². The molecular weight excluding hydrogens is 162 g/mol. The predicted molar refractivity (Wildman–Crippen MR) is 49.9 cm³/mol. The van der Waals surface area contributed by atoms with Crippen LogP contribution in [-0.4, -0.2) is 9.97 Å². The molecule has 0 aromatic carbocycles. The van der Waals surface area contributed by atoms with E-state index in [1.807, 2.05) is 0 Å². The van der Waals surface area contributed by atoms with Crippen molar-refractivity contribution >= 4 is 0 Å². The monoisotopic (exact) mass is 175 g/mol. The van der Waals surface area contributed by atoms with E-state index in [4.69, 9.17) is 5.26 Å². The Hall–Kier alpha value is -1.43. The number of nitrogens with zero attached hydrogens (tertiary/aromatic N) is 3. The molecule has 13 heavy (non-hydrogen) atoms. The van der Waals surface area contributed by atoms with Gasteiger partial charge in [-0.25, -0.2) is 9.97 Å². The van der Waals surface area contributed by atoms with Crippen LogP contribution in [0.3, 0.4) is 0 Å². The molecule has 0 bridgehead atoms. The molecule has 1 heterocycles. The Morgan fingerprint density at radius 1 is 1.54 bits per heavy atom. The van der Waals surface area contributed by atoms with Gasteiger partial charge in [0.2, 0.25) is 0 Å². The lowest BCUT2D eigenvalue weighted by Gasteiger charge is -2.03. The van der Waals surface area contributed by atoms with Crippen LogP contribution in [0.4, 0.5) is 0 Å². The Morgan fingerprint density at radius 3 is 2.92 bits per heavy atom. The van der Waals surface area contributed by atoms with Gasteiger partial charge in [-0.15, -0.1) is 0 Å². The van der Waals surface area contributed by atoms with Gasteiger partial charge < -0.3 is 0 Å². The largest absolute Gasteiger partial charge is 0.241 e. The van der Waals surface area contributed by atoms with Crippen molar-refractivity contribution in [3.8, 4) is 6.07 Å². The molecule has 1 rings (SSSR count). The first-order valence-corrected chi connectivity index (χ1v) is 4.40. The summed E-state index contributed by atoms with van der Waals surface area (Å²) in [4.78, 5) is 8.41. The summed E-state index contributed by atoms with van der Waals surface area (Å²) in [7, 11) is 0. The average molecular weight is 175 g/mol. The van der Waals surface area contributed by atoms with Crippen LogP contribution in [-0.2, 0) is 12.8 Å². The summed E-state index contributed by atoms with van der Waals surface area (Å²) in [6.45, 7) is 4.25. The lowest BCUT2D eigenvalue weighted by Crippen LogP contribution is -2.02. The van der Waals surface area contributed by atoms with Crippen molar-refractivity contribution in [2.24, 2.45) is 5.92 Å². The second-order valence-corrected chi connectivity index (χ2v) is 3.40. The molecule has 0 spiro atoms. The first-order valence-electron chi connectivity index (χ1n) is 4.40. The normalized spacial score (nSPS) is 10.0. The summed E-state index contributed by atoms with van der Waals surface area (Å²) in [6, 6.07) is 3.86. The highest BCUT2D eigenvalue weighted by molar-refractivity contribution is 5.07. The van der Waals surface area contributed by atoms with E-state index in [1.165, 1.54) is 0 Å². The third kappa shape index (κ3) is 3.20. The van der Waals surface area contributed by atoms with E-state index < -0.39 is 0 Å². The van der Waals surface area contributed by atoms with Crippen LogP contribution in [0, 0.1) is 17.2 Å². The zero-order valence-electron chi connectivity index (χ0n) is 7.99. The fraction of sp³-hybridized carbons (Fsp3) is 0.500. The highest BCUT2D eigenvalue weighted by atomic mass is 14.9. The minimum atomic E-state index is 0.369. The van der Waals surface area contributed by atoms with Gasteiger partial charge in [0.1, 0.15) is 5.82 Å². The van der Waals surface area contributed by atoms with Gasteiger partial charge in [-0.1, -0.05) is 13.8 Å². The number of nitriles is 1. The summed E-state index contributed by atoms with van der Waals surface area (Å²) in [5.74, 6) is 1.39. The second-order valence-electron chi connectivity index (χ2n) is 3.40. The standard InChI is InChI=1S/C10H13N3/c1-8(2)7-10-12-6-4-9(13-10)3-5-11/h4,6,8H,3,7H2,1-2H3. The minimum absolute atomic E-state index is 0.369. The highest BCUT2D eigenvalue weighted by Crippen LogP contribution is 2.03. The van der Waals surface area contributed by atoms with E-state index in [2.05, 4.69) is 29.9 Å². The molecule has 1 aromatic heterocycles. The molecule has 0 saturated carbocycles. The molecule has 0 amide bonds. The van der Waals surface area contributed by atoms with Gasteiger partial charge >= 0.3 is 0 Å². The minimum Gasteiger partial charge on any atom is -0.241 e. The molecule has 0 aliphatic heterocycles. The fourth-order valence-corrected chi connectivity index (χ4v) is 1.08. The van der Waals surface area contributed by atoms with Gasteiger partial charge in [0, 0.05) is 12.6 Å². The average Bonchev–Trinajstić information content (AvgIpc) is 2.04. The van der Waals surface area contributed by atoms with E-state index in [1.54, 1.807) is 12.3 Å². The van der Waals surface area contributed by atoms with E-state index in [9.17, 15) is 0 Å². The number of hydrogen-bond acceptors (Lipinski definition) is 3. The molecule has 68 valence electrons. The van der Waals surface area contributed by atoms with Crippen LogP contribution in [0.2, 0.25) is 0 Å². The summed E-state index contributed by atoms with van der Waals surface area (Å²) >= 11 is 0. The van der Waals surface area contributed by atoms with Crippen molar-refractivity contribution in [1.29, 1.82) is 5.26 Å². The van der Waals surface area contributed by atoms with Crippen molar-refractivity contribution in [2.45, 2.75) is 26.7 Å². The summed E-state index contributed by atoms with van der Waals surface area (Å²) in [5.41, 5.74) is 0.813. The molecule has 0 aliphatic carbocycles. The molecular formula is C10H13N3. The van der Waals surface area contributed by atoms with Crippen LogP contribution >= 0.6 is 0 Å². The Bertz CT molecular complexity index is 312. The highest BCUT2D eigenvalue weighted by Gasteiger charge is 2.01. The molecule has 3 nitrogen and oxygen atoms in total. The third-order valence-corrected chi connectivity index (χ3v) is 1.61. The zero-order valence-corrected chi connectivity index (χ0v) is 7.99. The van der Waals surface area contributed by atoms with Crippen molar-refractivity contribution < 1.29 is 0 Å². The Labute approximate surface area is 78.5 Å². The van der Waals surface area contributed by atoms with Crippen molar-refractivity contribution in [1.82, 2.24) is 9.97 Å². The summed E-state index contributed by atoms with van der Waals surface area (Å²) < 4.78 is 0. The quantitative estimate of drug-likeness (QED) is 0.703. The van der Waals surface area contributed by atoms with E-state index in [0.29, 0.717) is 12.3 Å². The maximum absolute atomic E-state index is 8.48. The molecule has 0 fully saturated rings. The van der Waals surface area contributed by atoms with Gasteiger partial charge in [0.25, 0.3) is 0 Å². The Kier molecular flexibility index (Phi) is 3.39. The lowest BCUT2D eigenvalue weighted by atomic mass is 10.1. The zero-order chi connectivity index (χ0) is 9.68. The number of rotatable bonds is 3. The summed E-state index contributed by atoms with van der Waals surface area (Å²) in [5, 5.41) is 8.48. The molecule has 0 saturated heterocycles. The first kappa shape index (κ1) is 9.66. The van der Waals surface area contributed by atoms with Crippen LogP contribution in [0.1, 0.15) is 25.4 Å². The predicted octanol–water partition coefficient (Wildman–Crippen LogP) is 1.74. The SMILES string of the molecule is CC(C)Cc1nccc(CC#N)n1. The molecule has 0 N–H and O–H groups in total. The summed E-state index contributed by atoms with van der Waals surface area (Å²) in [6.07, 6.45) is 2.96. The fourth-order valence-electron chi connectivity index (χ4n) is 1.08. The molecule has 0 radical (unpaired) electrons. The van der Waals surface area contributed by atoms with Gasteiger partial charge in [0.05, 0.1) is 18.2 Å². The number of hydrogen-bond donors (Lipinski definition) is 0. The molecule has 3 heteroatoms. The molecule has 0 unspecified atom stereocenters. The van der Waals surface area contributed by atoms with Crippen LogP contribution in [0.25, 0.3) is 0 Å². The topological polar surface area (TPSA) is 49.6 Å². The van der Waals surface area contributed by atoms with Gasteiger partial charge in [-0.3, -0.25) is 0 Å². The lowest BCUT2D eigenvalue weighted by molar-refractivity contribution is 0.618. The van der Waals surface area contributed by atoms with E-state index in [-0.39, 0.29) is 0 Å². The smallest absolute Gasteiger partial charge is 0.128 e. The van der Waals surface area contributed by atoms with Crippen LogP contribution < -0.4 is 0 Å². The van der Waals surface area contributed by atoms with Gasteiger partial charge in [-0.05, 0) is 12.0 Å². The van der Waals surface area contributed by atoms with E-state index in [0.717, 1.165) is 17.9 Å². The number of aromatic nitrogens is 2. The molecule has 0 atom stereocenters. The third-order valence-electron chi connectivity index (χ3n) is 1.61.